The summed E-state index contributed by atoms with van der Waals surface area (Å²) >= 11 is 0. The first-order valence-corrected chi connectivity index (χ1v) is 4.11. The first-order valence-electron chi connectivity index (χ1n) is 4.11. The number of aliphatic imine (C=N–C) groups is 1. The van der Waals surface area contributed by atoms with E-state index in [1.807, 2.05) is 0 Å². The Morgan fingerprint density at radius 3 is 3.36 bits per heavy atom. The van der Waals surface area contributed by atoms with Gasteiger partial charge in [-0.05, 0) is 0 Å². The molecule has 0 aliphatic carbocycles. The third-order valence-electron chi connectivity index (χ3n) is 1.73. The maximum Gasteiger partial charge on any atom is 0.135 e. The molecule has 0 saturated heterocycles. The molecule has 0 amide bonds. The highest BCUT2D eigenvalue weighted by atomic mass is 15.2. The minimum atomic E-state index is 0.456. The lowest BCUT2D eigenvalue weighted by Crippen LogP contribution is -2.19. The monoisotopic (exact) mass is 187 g/mol. The Bertz CT molecular complexity index is 421. The van der Waals surface area contributed by atoms with Crippen molar-refractivity contribution in [3.05, 3.63) is 23.8 Å². The molecule has 70 valence electrons. The molecule has 2 rings (SSSR count). The molecule has 0 unspecified atom stereocenters. The second-order valence-electron chi connectivity index (χ2n) is 2.70. The third-order valence-corrected chi connectivity index (χ3v) is 1.73. The summed E-state index contributed by atoms with van der Waals surface area (Å²) in [7, 11) is 0. The number of hydrogen-bond donors (Lipinski definition) is 3. The standard InChI is InChI=1S/C9H9N5/c1-2-3-11-8-6-10-4-7-5-12-14-9(7)13-8/h1,4-6,11H,3H2,(H2,12,13,14). The molecule has 14 heavy (non-hydrogen) atoms. The topological polar surface area (TPSA) is 65.1 Å². The highest BCUT2D eigenvalue weighted by Gasteiger charge is 2.06. The van der Waals surface area contributed by atoms with Crippen LogP contribution in [0, 0.1) is 12.3 Å². The van der Waals surface area contributed by atoms with Gasteiger partial charge in [0.05, 0.1) is 24.5 Å². The highest BCUT2D eigenvalue weighted by molar-refractivity contribution is 5.87. The molecule has 1 aromatic heterocycles. The molecule has 2 heterocycles. The minimum Gasteiger partial charge on any atom is -0.359 e. The zero-order chi connectivity index (χ0) is 9.80. The van der Waals surface area contributed by atoms with Crippen LogP contribution in [0.15, 0.2) is 23.2 Å². The fourth-order valence-electron chi connectivity index (χ4n) is 1.09. The van der Waals surface area contributed by atoms with Gasteiger partial charge in [-0.2, -0.15) is 5.10 Å². The predicted molar refractivity (Wildman–Crippen MR) is 54.7 cm³/mol. The number of rotatable bonds is 2. The van der Waals surface area contributed by atoms with E-state index in [0.29, 0.717) is 6.54 Å². The van der Waals surface area contributed by atoms with Gasteiger partial charge in [-0.25, -0.2) is 0 Å². The van der Waals surface area contributed by atoms with Gasteiger partial charge in [0.15, 0.2) is 0 Å². The number of terminal acetylenes is 1. The van der Waals surface area contributed by atoms with Gasteiger partial charge in [0.1, 0.15) is 11.6 Å². The van der Waals surface area contributed by atoms with E-state index in [-0.39, 0.29) is 0 Å². The van der Waals surface area contributed by atoms with Gasteiger partial charge in [-0.15, -0.1) is 6.42 Å². The number of aromatic nitrogens is 2. The summed E-state index contributed by atoms with van der Waals surface area (Å²) in [5.74, 6) is 4.04. The predicted octanol–water partition coefficient (Wildman–Crippen LogP) is 0.276. The zero-order valence-corrected chi connectivity index (χ0v) is 7.41. The maximum absolute atomic E-state index is 5.13. The first kappa shape index (κ1) is 8.38. The summed E-state index contributed by atoms with van der Waals surface area (Å²) in [6.07, 6.45) is 10.2. The average Bonchev–Trinajstić information content (AvgIpc) is 2.54. The lowest BCUT2D eigenvalue weighted by molar-refractivity contribution is 0.915. The Labute approximate surface area is 81.3 Å². The molecule has 1 aliphatic heterocycles. The maximum atomic E-state index is 5.13. The number of anilines is 1. The lowest BCUT2D eigenvalue weighted by Gasteiger charge is -2.07. The molecular formula is C9H9N5. The second-order valence-corrected chi connectivity index (χ2v) is 2.70. The van der Waals surface area contributed by atoms with E-state index in [1.54, 1.807) is 18.6 Å². The Kier molecular flexibility index (Phi) is 2.19. The van der Waals surface area contributed by atoms with Gasteiger partial charge in [0.2, 0.25) is 0 Å². The smallest absolute Gasteiger partial charge is 0.135 e. The Morgan fingerprint density at radius 1 is 1.57 bits per heavy atom. The SMILES string of the molecule is C#CCNC1=CN=Cc2cn[nH]c2N1. The molecule has 0 saturated carbocycles. The number of fused-ring (bicyclic) bond motifs is 1. The quantitative estimate of drug-likeness (QED) is 0.582. The Balaban J connectivity index is 2.15. The van der Waals surface area contributed by atoms with E-state index >= 15 is 0 Å². The van der Waals surface area contributed by atoms with Crippen molar-refractivity contribution in [2.24, 2.45) is 4.99 Å². The van der Waals surface area contributed by atoms with Gasteiger partial charge in [0, 0.05) is 6.21 Å². The van der Waals surface area contributed by atoms with E-state index in [9.17, 15) is 0 Å². The first-order chi connectivity index (χ1) is 6.90. The number of aromatic amines is 1. The largest absolute Gasteiger partial charge is 0.359 e. The summed E-state index contributed by atoms with van der Waals surface area (Å²) in [4.78, 5) is 4.08. The number of nitrogens with one attached hydrogen (secondary N) is 3. The van der Waals surface area contributed by atoms with Crippen LogP contribution in [0.5, 0.6) is 0 Å². The van der Waals surface area contributed by atoms with Crippen LogP contribution in [0.4, 0.5) is 5.82 Å². The Hall–Kier alpha value is -2.22. The summed E-state index contributed by atoms with van der Waals surface area (Å²) in [5.41, 5.74) is 0.916. The van der Waals surface area contributed by atoms with Gasteiger partial charge in [0.25, 0.3) is 0 Å². The third kappa shape index (κ3) is 1.59. The molecule has 1 aliphatic rings. The number of nitrogens with zero attached hydrogens (tertiary/aromatic N) is 2. The van der Waals surface area contributed by atoms with Crippen LogP contribution >= 0.6 is 0 Å². The van der Waals surface area contributed by atoms with Crippen molar-refractivity contribution >= 4 is 12.0 Å². The molecule has 5 heteroatoms. The molecule has 0 bridgehead atoms. The molecule has 0 atom stereocenters. The zero-order valence-electron chi connectivity index (χ0n) is 7.41. The average molecular weight is 187 g/mol. The van der Waals surface area contributed by atoms with Crippen LogP contribution in [0.25, 0.3) is 0 Å². The normalized spacial score (nSPS) is 13.2. The fraction of sp³-hybridized carbons (Fsp3) is 0.111. The van der Waals surface area contributed by atoms with E-state index in [4.69, 9.17) is 6.42 Å². The number of hydrogen-bond acceptors (Lipinski definition) is 4. The van der Waals surface area contributed by atoms with Crippen LogP contribution in [-0.2, 0) is 0 Å². The van der Waals surface area contributed by atoms with E-state index in [2.05, 4.69) is 31.7 Å². The molecule has 0 fully saturated rings. The molecule has 0 radical (unpaired) electrons. The van der Waals surface area contributed by atoms with Crippen molar-refractivity contribution in [2.45, 2.75) is 0 Å². The lowest BCUT2D eigenvalue weighted by atomic mass is 10.3. The molecule has 0 aromatic carbocycles. The van der Waals surface area contributed by atoms with Crippen LogP contribution in [0.2, 0.25) is 0 Å². The van der Waals surface area contributed by atoms with Crippen LogP contribution in [-0.4, -0.2) is 23.0 Å². The van der Waals surface area contributed by atoms with E-state index in [1.165, 1.54) is 0 Å². The van der Waals surface area contributed by atoms with Gasteiger partial charge >= 0.3 is 0 Å². The minimum absolute atomic E-state index is 0.456. The Morgan fingerprint density at radius 2 is 2.50 bits per heavy atom. The summed E-state index contributed by atoms with van der Waals surface area (Å²) in [6.45, 7) is 0.456. The molecule has 0 spiro atoms. The van der Waals surface area contributed by atoms with E-state index < -0.39 is 0 Å². The summed E-state index contributed by atoms with van der Waals surface area (Å²) < 4.78 is 0. The second kappa shape index (κ2) is 3.66. The molecule has 5 nitrogen and oxygen atoms in total. The van der Waals surface area contributed by atoms with E-state index in [0.717, 1.165) is 17.2 Å². The molecule has 1 aromatic rings. The van der Waals surface area contributed by atoms with Crippen molar-refractivity contribution in [3.8, 4) is 12.3 Å². The van der Waals surface area contributed by atoms with Gasteiger partial charge < -0.3 is 10.6 Å². The van der Waals surface area contributed by atoms with Crippen LogP contribution in [0.1, 0.15) is 5.56 Å². The van der Waals surface area contributed by atoms with Gasteiger partial charge in [-0.3, -0.25) is 10.1 Å². The van der Waals surface area contributed by atoms with Crippen LogP contribution < -0.4 is 10.6 Å². The fourth-order valence-corrected chi connectivity index (χ4v) is 1.09. The summed E-state index contributed by atoms with van der Waals surface area (Å²) in [6, 6.07) is 0. The molecular weight excluding hydrogens is 178 g/mol. The van der Waals surface area contributed by atoms with Gasteiger partial charge in [-0.1, -0.05) is 5.92 Å². The van der Waals surface area contributed by atoms with Crippen molar-refractivity contribution in [1.82, 2.24) is 15.5 Å². The summed E-state index contributed by atoms with van der Waals surface area (Å²) in [5, 5.41) is 12.8. The van der Waals surface area contributed by atoms with Crippen molar-refractivity contribution in [2.75, 3.05) is 11.9 Å². The highest BCUT2D eigenvalue weighted by Crippen LogP contribution is 2.12. The van der Waals surface area contributed by atoms with Crippen molar-refractivity contribution in [1.29, 1.82) is 0 Å². The van der Waals surface area contributed by atoms with Crippen molar-refractivity contribution < 1.29 is 0 Å². The van der Waals surface area contributed by atoms with Crippen LogP contribution in [0.3, 0.4) is 0 Å². The van der Waals surface area contributed by atoms with Crippen molar-refractivity contribution in [3.63, 3.8) is 0 Å². The number of H-pyrrole nitrogens is 1. The molecule has 3 N–H and O–H groups in total.